The zero-order valence-corrected chi connectivity index (χ0v) is 17.3. The Hall–Kier alpha value is -2.87. The molecule has 1 N–H and O–H groups in total. The van der Waals surface area contributed by atoms with Crippen LogP contribution < -0.4 is 4.74 Å². The van der Waals surface area contributed by atoms with Gasteiger partial charge >= 0.3 is 0 Å². The van der Waals surface area contributed by atoms with Crippen molar-refractivity contribution in [1.82, 2.24) is 14.8 Å². The Kier molecular flexibility index (Phi) is 5.51. The number of likely N-dealkylation sites (tertiary alicyclic amines) is 2. The lowest BCUT2D eigenvalue weighted by molar-refractivity contribution is -0.0580. The number of aromatic nitrogens is 1. The summed E-state index contributed by atoms with van der Waals surface area (Å²) in [7, 11) is 1.53. The van der Waals surface area contributed by atoms with Gasteiger partial charge in [0.1, 0.15) is 5.76 Å². The second-order valence-corrected chi connectivity index (χ2v) is 8.12. The Morgan fingerprint density at radius 3 is 2.73 bits per heavy atom. The quantitative estimate of drug-likeness (QED) is 0.825. The number of amides is 2. The first kappa shape index (κ1) is 20.4. The number of aliphatic hydroxyl groups is 1. The molecule has 2 aliphatic heterocycles. The van der Waals surface area contributed by atoms with Gasteiger partial charge < -0.3 is 24.1 Å². The van der Waals surface area contributed by atoms with Crippen LogP contribution >= 0.6 is 0 Å². The molecule has 0 saturated carbocycles. The molecule has 2 aliphatic rings. The molecule has 8 heteroatoms. The summed E-state index contributed by atoms with van der Waals surface area (Å²) in [5.41, 5.74) is 0.624. The first-order chi connectivity index (χ1) is 14.5. The highest BCUT2D eigenvalue weighted by atomic mass is 16.5. The predicted octanol–water partition coefficient (Wildman–Crippen LogP) is 2.12. The van der Waals surface area contributed by atoms with Gasteiger partial charge in [0.2, 0.25) is 5.88 Å². The third kappa shape index (κ3) is 3.45. The minimum atomic E-state index is -0.388. The van der Waals surface area contributed by atoms with Crippen molar-refractivity contribution in [3.63, 3.8) is 0 Å². The molecule has 160 valence electrons. The van der Waals surface area contributed by atoms with E-state index in [1.807, 2.05) is 4.90 Å². The molecule has 4 rings (SSSR count). The van der Waals surface area contributed by atoms with E-state index in [0.717, 1.165) is 12.8 Å². The lowest BCUT2D eigenvalue weighted by atomic mass is 9.68. The van der Waals surface area contributed by atoms with Gasteiger partial charge in [-0.1, -0.05) is 0 Å². The minimum Gasteiger partial charge on any atom is -0.481 e. The topological polar surface area (TPSA) is 96.1 Å². The smallest absolute Gasteiger partial charge is 0.257 e. The molecule has 0 bridgehead atoms. The van der Waals surface area contributed by atoms with Gasteiger partial charge in [-0.25, -0.2) is 4.98 Å². The van der Waals surface area contributed by atoms with Gasteiger partial charge in [0.15, 0.2) is 0 Å². The van der Waals surface area contributed by atoms with Crippen molar-refractivity contribution < 1.29 is 23.8 Å². The number of nitrogens with zero attached hydrogens (tertiary/aromatic N) is 3. The number of hydrogen-bond donors (Lipinski definition) is 1. The fourth-order valence-electron chi connectivity index (χ4n) is 4.76. The van der Waals surface area contributed by atoms with Gasteiger partial charge in [-0.3, -0.25) is 9.59 Å². The van der Waals surface area contributed by atoms with Crippen LogP contribution in [0.2, 0.25) is 0 Å². The zero-order chi connectivity index (χ0) is 21.3. The van der Waals surface area contributed by atoms with Crippen LogP contribution in [0.4, 0.5) is 0 Å². The second-order valence-electron chi connectivity index (χ2n) is 8.12. The van der Waals surface area contributed by atoms with E-state index in [-0.39, 0.29) is 29.9 Å². The molecule has 0 aliphatic carbocycles. The number of carbonyl (C=O) groups excluding carboxylic acids is 2. The predicted molar refractivity (Wildman–Crippen MR) is 108 cm³/mol. The lowest BCUT2D eigenvalue weighted by Gasteiger charge is -2.54. The maximum atomic E-state index is 13.3. The molecule has 2 amide bonds. The number of pyridine rings is 1. The summed E-state index contributed by atoms with van der Waals surface area (Å²) in [4.78, 5) is 34.1. The molecule has 2 fully saturated rings. The number of ether oxygens (including phenoxy) is 1. The molecule has 2 atom stereocenters. The van der Waals surface area contributed by atoms with Gasteiger partial charge in [0.25, 0.3) is 11.8 Å². The second kappa shape index (κ2) is 8.10. The first-order valence-corrected chi connectivity index (χ1v) is 10.2. The van der Waals surface area contributed by atoms with Crippen molar-refractivity contribution in [1.29, 1.82) is 0 Å². The van der Waals surface area contributed by atoms with E-state index in [9.17, 15) is 14.7 Å². The Bertz CT molecular complexity index is 925. The number of piperidine rings is 2. The summed E-state index contributed by atoms with van der Waals surface area (Å²) < 4.78 is 10.4. The molecular weight excluding hydrogens is 386 g/mol. The minimum absolute atomic E-state index is 0.00205. The summed E-state index contributed by atoms with van der Waals surface area (Å²) >= 11 is 0. The summed E-state index contributed by atoms with van der Waals surface area (Å²) in [5, 5.41) is 10.3. The molecule has 0 aromatic carbocycles. The van der Waals surface area contributed by atoms with Crippen molar-refractivity contribution in [2.45, 2.75) is 32.2 Å². The van der Waals surface area contributed by atoms with E-state index in [4.69, 9.17) is 9.15 Å². The number of rotatable bonds is 4. The van der Waals surface area contributed by atoms with Gasteiger partial charge in [-0.05, 0) is 38.3 Å². The third-order valence-corrected chi connectivity index (χ3v) is 6.57. The maximum absolute atomic E-state index is 13.3. The number of furan rings is 1. The van der Waals surface area contributed by atoms with Crippen molar-refractivity contribution >= 4 is 11.8 Å². The van der Waals surface area contributed by atoms with Gasteiger partial charge in [-0.15, -0.1) is 0 Å². The van der Waals surface area contributed by atoms with Crippen LogP contribution in [-0.4, -0.2) is 71.1 Å². The van der Waals surface area contributed by atoms with Crippen LogP contribution in [0.1, 0.15) is 45.7 Å². The van der Waals surface area contributed by atoms with E-state index in [1.165, 1.54) is 19.6 Å². The average molecular weight is 413 g/mol. The fourth-order valence-corrected chi connectivity index (χ4v) is 4.76. The Labute approximate surface area is 175 Å². The third-order valence-electron chi connectivity index (χ3n) is 6.57. The first-order valence-electron chi connectivity index (χ1n) is 10.2. The van der Waals surface area contributed by atoms with Crippen LogP contribution in [0.5, 0.6) is 5.88 Å². The highest BCUT2D eigenvalue weighted by Crippen LogP contribution is 2.43. The largest absolute Gasteiger partial charge is 0.481 e. The summed E-state index contributed by atoms with van der Waals surface area (Å²) in [6.45, 7) is 3.28. The zero-order valence-electron chi connectivity index (χ0n) is 17.3. The van der Waals surface area contributed by atoms with Crippen LogP contribution in [0.3, 0.4) is 0 Å². The maximum Gasteiger partial charge on any atom is 0.257 e. The van der Waals surface area contributed by atoms with Crippen LogP contribution in [-0.2, 0) is 0 Å². The van der Waals surface area contributed by atoms with Crippen molar-refractivity contribution in [2.75, 3.05) is 33.4 Å². The van der Waals surface area contributed by atoms with Crippen molar-refractivity contribution in [2.24, 2.45) is 5.41 Å². The summed E-state index contributed by atoms with van der Waals surface area (Å²) in [6, 6.07) is 4.79. The molecule has 0 radical (unpaired) electrons. The van der Waals surface area contributed by atoms with E-state index in [1.54, 1.807) is 30.0 Å². The molecule has 0 spiro atoms. The lowest BCUT2D eigenvalue weighted by Crippen LogP contribution is -2.64. The monoisotopic (exact) mass is 413 g/mol. The molecular formula is C22H27N3O5. The van der Waals surface area contributed by atoms with Gasteiger partial charge in [0.05, 0.1) is 37.1 Å². The van der Waals surface area contributed by atoms with E-state index in [2.05, 4.69) is 4.98 Å². The van der Waals surface area contributed by atoms with E-state index < -0.39 is 0 Å². The highest BCUT2D eigenvalue weighted by molar-refractivity contribution is 5.96. The number of carbonyl (C=O) groups is 2. The van der Waals surface area contributed by atoms with Crippen LogP contribution in [0.15, 0.2) is 35.1 Å². The Morgan fingerprint density at radius 1 is 1.27 bits per heavy atom. The molecule has 0 unspecified atom stereocenters. The molecule has 2 aromatic heterocycles. The summed E-state index contributed by atoms with van der Waals surface area (Å²) in [5.74, 6) is 0.788. The number of aliphatic hydroxyl groups excluding tert-OH is 1. The Morgan fingerprint density at radius 2 is 2.10 bits per heavy atom. The van der Waals surface area contributed by atoms with Crippen molar-refractivity contribution in [3.05, 3.63) is 47.5 Å². The summed E-state index contributed by atoms with van der Waals surface area (Å²) in [6.07, 6.45) is 5.34. The van der Waals surface area contributed by atoms with E-state index in [0.29, 0.717) is 48.8 Å². The normalized spacial score (nSPS) is 23.8. The highest BCUT2D eigenvalue weighted by Gasteiger charge is 2.50. The molecule has 30 heavy (non-hydrogen) atoms. The molecule has 4 heterocycles. The molecule has 8 nitrogen and oxygen atoms in total. The van der Waals surface area contributed by atoms with Gasteiger partial charge in [0, 0.05) is 37.3 Å². The molecule has 2 saturated heterocycles. The average Bonchev–Trinajstić information content (AvgIpc) is 3.23. The number of methoxy groups -OCH3 is 1. The standard InChI is InChI=1S/C22H27N3O5/c1-15-17(6-11-30-15)21(28)25-9-3-7-22(14-26)8-10-24(13-18(22)25)20(27)16-4-5-19(29-2)23-12-16/h4-6,11-12,18,26H,3,7-10,13-14H2,1-2H3/t18-,22-/m0/s1. The fraction of sp³-hybridized carbons (Fsp3) is 0.500. The van der Waals surface area contributed by atoms with E-state index >= 15 is 0 Å². The molecule has 2 aromatic rings. The SMILES string of the molecule is COc1ccc(C(=O)N2CC[C@]3(CO)CCCN(C(=O)c4ccoc4C)[C@H]3C2)cn1. The number of aryl methyl sites for hydroxylation is 1. The van der Waals surface area contributed by atoms with Crippen molar-refractivity contribution in [3.8, 4) is 5.88 Å². The van der Waals surface area contributed by atoms with Gasteiger partial charge in [-0.2, -0.15) is 0 Å². The Balaban J connectivity index is 1.59. The van der Waals surface area contributed by atoms with Crippen LogP contribution in [0.25, 0.3) is 0 Å². The number of hydrogen-bond acceptors (Lipinski definition) is 6. The number of fused-ring (bicyclic) bond motifs is 1. The van der Waals surface area contributed by atoms with Crippen LogP contribution in [0, 0.1) is 12.3 Å².